The van der Waals surface area contributed by atoms with Gasteiger partial charge in [-0.05, 0) is 137 Å². The number of fused-ring (bicyclic) bond motifs is 3. The van der Waals surface area contributed by atoms with Gasteiger partial charge in [0.25, 0.3) is 10.1 Å². The lowest BCUT2D eigenvalue weighted by Crippen LogP contribution is -2.34. The average molecular weight is 863 g/mol. The Morgan fingerprint density at radius 2 is 1.58 bits per heavy atom. The number of nitrogens with one attached hydrogen (secondary N) is 1. The third kappa shape index (κ3) is 7.33. The molecule has 0 saturated heterocycles. The van der Waals surface area contributed by atoms with E-state index >= 15 is 0 Å². The number of hydrogen-bond acceptors (Lipinski definition) is 10. The highest BCUT2D eigenvalue weighted by Crippen LogP contribution is 2.55. The van der Waals surface area contributed by atoms with Gasteiger partial charge in [0, 0.05) is 24.2 Å². The molecule has 14 heteroatoms. The largest absolute Gasteiger partial charge is 0.493 e. The van der Waals surface area contributed by atoms with E-state index in [9.17, 15) is 13.0 Å². The normalized spacial score (nSPS) is 15.8. The summed E-state index contributed by atoms with van der Waals surface area (Å²) in [6.07, 6.45) is 3.02. The van der Waals surface area contributed by atoms with Gasteiger partial charge in [-0.3, -0.25) is 9.45 Å². The van der Waals surface area contributed by atoms with Crippen molar-refractivity contribution in [3.05, 3.63) is 84.8 Å². The zero-order chi connectivity index (χ0) is 37.3. The maximum absolute atomic E-state index is 13.0. The van der Waals surface area contributed by atoms with Crippen molar-refractivity contribution in [2.75, 3.05) is 55.6 Å². The minimum Gasteiger partial charge on any atom is -0.493 e. The van der Waals surface area contributed by atoms with Crippen LogP contribution in [0.1, 0.15) is 39.4 Å². The Kier molecular flexibility index (Phi) is 11.6. The Morgan fingerprint density at radius 3 is 2.21 bits per heavy atom. The first-order valence-electron chi connectivity index (χ1n) is 16.8. The van der Waals surface area contributed by atoms with Crippen LogP contribution in [0.5, 0.6) is 46.0 Å². The maximum atomic E-state index is 13.0. The maximum Gasteiger partial charge on any atom is 0.294 e. The number of aryl methyl sites for hydroxylation is 2. The third-order valence-electron chi connectivity index (χ3n) is 9.75. The van der Waals surface area contributed by atoms with Crippen molar-refractivity contribution in [2.24, 2.45) is 0 Å². The fourth-order valence-electron chi connectivity index (χ4n) is 7.03. The summed E-state index contributed by atoms with van der Waals surface area (Å²) in [4.78, 5) is 1.82. The summed E-state index contributed by atoms with van der Waals surface area (Å²) in [5.74, 6) is 3.24. The van der Waals surface area contributed by atoms with Gasteiger partial charge in [0.15, 0.2) is 34.5 Å². The van der Waals surface area contributed by atoms with Crippen molar-refractivity contribution in [1.82, 2.24) is 10.2 Å². The number of hydrogen-bond donors (Lipinski definition) is 2. The molecule has 4 aromatic carbocycles. The smallest absolute Gasteiger partial charge is 0.294 e. The Bertz CT molecular complexity index is 2090. The van der Waals surface area contributed by atoms with Gasteiger partial charge >= 0.3 is 0 Å². The minimum atomic E-state index is -4.73. The number of nitrogens with zero attached hydrogens (tertiary/aromatic N) is 1. The zero-order valence-corrected chi connectivity index (χ0v) is 33.9. The summed E-state index contributed by atoms with van der Waals surface area (Å²) in [6.45, 7) is 1.41. The van der Waals surface area contributed by atoms with Crippen LogP contribution in [0.15, 0.2) is 56.3 Å². The van der Waals surface area contributed by atoms with Gasteiger partial charge in [0.05, 0.1) is 37.4 Å². The zero-order valence-electron chi connectivity index (χ0n) is 29.9. The number of rotatable bonds is 8. The van der Waals surface area contributed by atoms with E-state index in [2.05, 4.69) is 42.1 Å². The van der Waals surface area contributed by atoms with Crippen molar-refractivity contribution in [2.45, 2.75) is 43.0 Å². The molecule has 3 heterocycles. The summed E-state index contributed by atoms with van der Waals surface area (Å²) >= 11 is 7.47. The molecular formula is C38H42Br2N2O9S. The first-order chi connectivity index (χ1) is 24.9. The molecule has 6 bridgehead atoms. The van der Waals surface area contributed by atoms with Crippen LogP contribution in [0.3, 0.4) is 0 Å². The molecule has 3 aliphatic rings. The molecule has 11 nitrogen and oxygen atoms in total. The van der Waals surface area contributed by atoms with E-state index in [0.29, 0.717) is 62.0 Å². The number of likely N-dealkylation sites (N-methyl/N-ethyl adjacent to an activating group) is 2. The summed E-state index contributed by atoms with van der Waals surface area (Å²) in [6, 6.07) is 12.6. The van der Waals surface area contributed by atoms with Gasteiger partial charge in [0.1, 0.15) is 10.6 Å². The molecule has 0 radical (unpaired) electrons. The Labute approximate surface area is 321 Å². The van der Waals surface area contributed by atoms with E-state index in [-0.39, 0.29) is 22.8 Å². The molecule has 2 N–H and O–H groups in total. The molecule has 3 aliphatic heterocycles. The second-order valence-electron chi connectivity index (χ2n) is 12.7. The van der Waals surface area contributed by atoms with Crippen molar-refractivity contribution in [3.8, 4) is 46.0 Å². The van der Waals surface area contributed by atoms with Gasteiger partial charge in [0.2, 0.25) is 5.75 Å². The molecule has 0 amide bonds. The lowest BCUT2D eigenvalue weighted by atomic mass is 9.87. The second-order valence-corrected chi connectivity index (χ2v) is 15.7. The number of methoxy groups -OCH3 is 4. The predicted octanol–water partition coefficient (Wildman–Crippen LogP) is 7.71. The topological polar surface area (TPSA) is 125 Å². The van der Waals surface area contributed by atoms with Crippen molar-refractivity contribution < 1.29 is 41.4 Å². The first-order valence-corrected chi connectivity index (χ1v) is 19.8. The van der Waals surface area contributed by atoms with Crippen LogP contribution in [-0.2, 0) is 42.2 Å². The SMILES string of the molecule is CNCCc1cc(OC)c2cc1CCc1ccc(cc1)Oc1c(OC)cc(S(=O)(=O)O)c(c1Br)C[C@H]1c3c(c(Br)c(OC)c(OC)c3O2)CCN1C. The average Bonchev–Trinajstić information content (AvgIpc) is 3.13. The summed E-state index contributed by atoms with van der Waals surface area (Å²) in [7, 11) is 5.33. The monoisotopic (exact) mass is 860 g/mol. The standard InChI is InChI=1S/C38H42Br2N2O9S/c1-41-15-13-23-17-28(46-3)29-18-22(23)10-7-21-8-11-24(12-9-21)50-35-30(47-4)20-31(52(43,44)45)26(34(35)40)19-27-32-25(14-16-42(27)2)33(39)37(48-5)38(49-6)36(32)51-29/h8-9,11-12,17-18,20,27,41H,7,10,13-16,19H2,1-6H3,(H,43,44,45)/t27-/m0/s1. The second kappa shape index (κ2) is 15.8. The highest BCUT2D eigenvalue weighted by Gasteiger charge is 2.38. The fraction of sp³-hybridized carbons (Fsp3) is 0.368. The van der Waals surface area contributed by atoms with Crippen LogP contribution >= 0.6 is 31.9 Å². The predicted molar refractivity (Wildman–Crippen MR) is 205 cm³/mol. The molecule has 0 fully saturated rings. The Morgan fingerprint density at radius 1 is 0.865 bits per heavy atom. The van der Waals surface area contributed by atoms with Crippen molar-refractivity contribution >= 4 is 42.0 Å². The molecule has 52 heavy (non-hydrogen) atoms. The van der Waals surface area contributed by atoms with Crippen LogP contribution in [0.4, 0.5) is 0 Å². The molecule has 0 aliphatic carbocycles. The Hall–Kier alpha value is -3.53. The lowest BCUT2D eigenvalue weighted by molar-refractivity contribution is 0.219. The van der Waals surface area contributed by atoms with Gasteiger partial charge in [-0.15, -0.1) is 0 Å². The van der Waals surface area contributed by atoms with Crippen LogP contribution in [0.25, 0.3) is 0 Å². The number of halogens is 2. The molecule has 7 rings (SSSR count). The quantitative estimate of drug-likeness (QED) is 0.169. The molecule has 0 aromatic heterocycles. The van der Waals surface area contributed by atoms with Gasteiger partial charge < -0.3 is 33.7 Å². The van der Waals surface area contributed by atoms with Crippen LogP contribution in [0.2, 0.25) is 0 Å². The van der Waals surface area contributed by atoms with E-state index in [1.807, 2.05) is 50.5 Å². The van der Waals surface area contributed by atoms with E-state index in [0.717, 1.165) is 53.6 Å². The van der Waals surface area contributed by atoms with E-state index in [1.54, 1.807) is 21.3 Å². The fourth-order valence-corrected chi connectivity index (χ4v) is 9.32. The first kappa shape index (κ1) is 38.2. The van der Waals surface area contributed by atoms with E-state index < -0.39 is 16.2 Å². The molecular weight excluding hydrogens is 820 g/mol. The molecule has 0 unspecified atom stereocenters. The third-order valence-corrected chi connectivity index (χ3v) is 12.3. The van der Waals surface area contributed by atoms with Gasteiger partial charge in [-0.25, -0.2) is 0 Å². The van der Waals surface area contributed by atoms with Crippen molar-refractivity contribution in [3.63, 3.8) is 0 Å². The highest BCUT2D eigenvalue weighted by atomic mass is 79.9. The Balaban J connectivity index is 1.68. The molecule has 278 valence electrons. The molecule has 0 saturated carbocycles. The van der Waals surface area contributed by atoms with Crippen LogP contribution < -0.4 is 33.7 Å². The molecule has 1 atom stereocenters. The van der Waals surface area contributed by atoms with Gasteiger partial charge in [-0.1, -0.05) is 12.1 Å². The lowest BCUT2D eigenvalue weighted by Gasteiger charge is -2.38. The minimum absolute atomic E-state index is 0.113. The number of ether oxygens (including phenoxy) is 6. The highest BCUT2D eigenvalue weighted by molar-refractivity contribution is 9.11. The van der Waals surface area contributed by atoms with Crippen LogP contribution in [-0.4, -0.2) is 73.5 Å². The summed E-state index contributed by atoms with van der Waals surface area (Å²) < 4.78 is 74.6. The summed E-state index contributed by atoms with van der Waals surface area (Å²) in [5, 5.41) is 3.25. The number of benzene rings is 4. The molecule has 4 aromatic rings. The van der Waals surface area contributed by atoms with Crippen molar-refractivity contribution in [1.29, 1.82) is 0 Å². The summed E-state index contributed by atoms with van der Waals surface area (Å²) in [5.41, 5.74) is 5.33. The van der Waals surface area contributed by atoms with E-state index in [1.165, 1.54) is 13.2 Å². The van der Waals surface area contributed by atoms with Crippen LogP contribution in [0, 0.1) is 0 Å². The molecule has 0 spiro atoms. The van der Waals surface area contributed by atoms with E-state index in [4.69, 9.17) is 28.4 Å². The van der Waals surface area contributed by atoms with Gasteiger partial charge in [-0.2, -0.15) is 8.42 Å².